The van der Waals surface area contributed by atoms with Gasteiger partial charge in [0, 0.05) is 12.2 Å². The maximum Gasteiger partial charge on any atom is 0.407 e. The van der Waals surface area contributed by atoms with Gasteiger partial charge in [0.2, 0.25) is 0 Å². The molecule has 32 heavy (non-hydrogen) atoms. The van der Waals surface area contributed by atoms with Gasteiger partial charge in [0.1, 0.15) is 30.0 Å². The van der Waals surface area contributed by atoms with Gasteiger partial charge < -0.3 is 29.0 Å². The molecule has 1 amide bonds. The topological polar surface area (TPSA) is 75.3 Å². The van der Waals surface area contributed by atoms with E-state index in [4.69, 9.17) is 35.9 Å². The minimum Gasteiger partial charge on any atom is -0.456 e. The van der Waals surface area contributed by atoms with Crippen molar-refractivity contribution in [1.82, 2.24) is 5.32 Å². The molecular formula is C21H28F3NO6S. The minimum atomic E-state index is -4.77. The van der Waals surface area contributed by atoms with E-state index in [1.807, 2.05) is 0 Å². The highest BCUT2D eigenvalue weighted by atomic mass is 32.1. The van der Waals surface area contributed by atoms with E-state index in [1.165, 1.54) is 0 Å². The Morgan fingerprint density at radius 1 is 1.25 bits per heavy atom. The van der Waals surface area contributed by atoms with E-state index in [0.29, 0.717) is 5.75 Å². The second kappa shape index (κ2) is 10.2. The molecule has 0 aromatic heterocycles. The monoisotopic (exact) mass is 479 g/mol. The van der Waals surface area contributed by atoms with E-state index < -0.39 is 53.6 Å². The predicted molar refractivity (Wildman–Crippen MR) is 113 cm³/mol. The molecule has 1 aromatic carbocycles. The summed E-state index contributed by atoms with van der Waals surface area (Å²) in [5.41, 5.74) is -0.906. The van der Waals surface area contributed by atoms with Crippen LogP contribution >= 0.6 is 12.2 Å². The summed E-state index contributed by atoms with van der Waals surface area (Å²) in [5.74, 6) is -2.98. The van der Waals surface area contributed by atoms with Crippen molar-refractivity contribution in [2.24, 2.45) is 5.92 Å². The number of halogens is 3. The smallest absolute Gasteiger partial charge is 0.407 e. The van der Waals surface area contributed by atoms with Gasteiger partial charge in [-0.25, -0.2) is 4.79 Å². The van der Waals surface area contributed by atoms with Gasteiger partial charge in [0.25, 0.3) is 0 Å². The molecule has 1 aliphatic rings. The Morgan fingerprint density at radius 2 is 1.88 bits per heavy atom. The third kappa shape index (κ3) is 8.44. The van der Waals surface area contributed by atoms with Crippen LogP contribution in [0.3, 0.4) is 0 Å². The van der Waals surface area contributed by atoms with E-state index in [2.05, 4.69) is 5.32 Å². The molecule has 1 fully saturated rings. The molecular weight excluding hydrogens is 451 g/mol. The van der Waals surface area contributed by atoms with Gasteiger partial charge in [-0.15, -0.1) is 0 Å². The highest BCUT2D eigenvalue weighted by molar-refractivity contribution is 7.79. The Kier molecular flexibility index (Phi) is 8.35. The number of alkyl halides is 3. The number of carbonyl (C=O) groups is 1. The molecule has 0 radical (unpaired) electrons. The van der Waals surface area contributed by atoms with Crippen LogP contribution in [-0.2, 0) is 18.9 Å². The molecule has 3 atom stereocenters. The zero-order chi connectivity index (χ0) is 24.2. The molecule has 7 nitrogen and oxygen atoms in total. The molecule has 180 valence electrons. The van der Waals surface area contributed by atoms with Crippen LogP contribution in [0.25, 0.3) is 0 Å². The van der Waals surface area contributed by atoms with Crippen molar-refractivity contribution in [3.63, 3.8) is 0 Å². The number of rotatable bonds is 6. The van der Waals surface area contributed by atoms with Crippen molar-refractivity contribution in [3.8, 4) is 5.75 Å². The first-order valence-electron chi connectivity index (χ1n) is 9.94. The van der Waals surface area contributed by atoms with Crippen molar-refractivity contribution < 1.29 is 41.7 Å². The molecule has 11 heteroatoms. The molecule has 0 spiro atoms. The Bertz CT molecular complexity index is 782. The highest BCUT2D eigenvalue weighted by Crippen LogP contribution is 2.35. The summed E-state index contributed by atoms with van der Waals surface area (Å²) in [7, 11) is 0. The van der Waals surface area contributed by atoms with Gasteiger partial charge in [-0.1, -0.05) is 18.2 Å². The number of benzene rings is 1. The van der Waals surface area contributed by atoms with Gasteiger partial charge >= 0.3 is 17.5 Å². The number of alkyl carbamates (subject to hydrolysis) is 1. The quantitative estimate of drug-likeness (QED) is 0.598. The summed E-state index contributed by atoms with van der Waals surface area (Å²) < 4.78 is 68.6. The highest BCUT2D eigenvalue weighted by Gasteiger charge is 2.52. The fourth-order valence-corrected chi connectivity index (χ4v) is 3.13. The minimum absolute atomic E-state index is 0.162. The van der Waals surface area contributed by atoms with Crippen molar-refractivity contribution in [3.05, 3.63) is 30.3 Å². The summed E-state index contributed by atoms with van der Waals surface area (Å²) in [6.45, 7) is 6.87. The maximum atomic E-state index is 14.0. The number of hydrogen-bond acceptors (Lipinski definition) is 7. The van der Waals surface area contributed by atoms with Crippen LogP contribution in [0.5, 0.6) is 5.75 Å². The van der Waals surface area contributed by atoms with Crippen molar-refractivity contribution in [2.45, 2.75) is 64.3 Å². The first-order valence-corrected chi connectivity index (χ1v) is 10.3. The van der Waals surface area contributed by atoms with E-state index >= 15 is 0 Å². The van der Waals surface area contributed by atoms with Crippen LogP contribution in [0.4, 0.5) is 18.0 Å². The van der Waals surface area contributed by atoms with E-state index in [9.17, 15) is 18.0 Å². The number of ether oxygens (including phenoxy) is 5. The molecule has 0 aliphatic carbocycles. The van der Waals surface area contributed by atoms with Gasteiger partial charge in [0.05, 0.1) is 12.6 Å². The molecule has 1 heterocycles. The summed E-state index contributed by atoms with van der Waals surface area (Å²) in [6.07, 6.45) is -6.89. The molecule has 1 aliphatic heterocycles. The largest absolute Gasteiger partial charge is 0.456 e. The second-order valence-electron chi connectivity index (χ2n) is 8.66. The second-order valence-corrected chi connectivity index (χ2v) is 9.00. The normalized spacial score (nSPS) is 20.2. The molecule has 0 unspecified atom stereocenters. The summed E-state index contributed by atoms with van der Waals surface area (Å²) in [4.78, 5) is 12.3. The van der Waals surface area contributed by atoms with Crippen molar-refractivity contribution in [1.29, 1.82) is 0 Å². The third-order valence-corrected chi connectivity index (χ3v) is 4.49. The molecule has 1 aromatic rings. The molecule has 0 saturated carbocycles. The number of hydrogen-bond donors (Lipinski definition) is 1. The van der Waals surface area contributed by atoms with E-state index in [1.54, 1.807) is 65.0 Å². The van der Waals surface area contributed by atoms with E-state index in [-0.39, 0.29) is 6.61 Å². The lowest BCUT2D eigenvalue weighted by Gasteiger charge is -2.33. The van der Waals surface area contributed by atoms with E-state index in [0.717, 1.165) is 0 Å². The number of amides is 1. The molecule has 1 saturated heterocycles. The van der Waals surface area contributed by atoms with Crippen molar-refractivity contribution >= 4 is 23.5 Å². The van der Waals surface area contributed by atoms with Crippen LogP contribution in [0.15, 0.2) is 30.3 Å². The fraction of sp³-hybridized carbons (Fsp3) is 0.619. The van der Waals surface area contributed by atoms with Gasteiger partial charge in [0.15, 0.2) is 5.79 Å². The average Bonchev–Trinajstić information content (AvgIpc) is 2.99. The number of carbonyl (C=O) groups excluding carboxylic acids is 1. The number of thiocarbonyl (C=S) groups is 1. The van der Waals surface area contributed by atoms with Crippen LogP contribution in [0, 0.1) is 5.92 Å². The maximum absolute atomic E-state index is 14.0. The number of para-hydroxylation sites is 1. The third-order valence-electron chi connectivity index (χ3n) is 4.29. The van der Waals surface area contributed by atoms with Crippen LogP contribution in [0.1, 0.15) is 34.6 Å². The summed E-state index contributed by atoms with van der Waals surface area (Å²) >= 11 is 4.91. The van der Waals surface area contributed by atoms with Gasteiger partial charge in [-0.2, -0.15) is 13.2 Å². The molecule has 2 rings (SSSR count). The zero-order valence-electron chi connectivity index (χ0n) is 18.5. The Hall–Kier alpha value is -2.11. The fourth-order valence-electron chi connectivity index (χ4n) is 2.96. The van der Waals surface area contributed by atoms with Crippen LogP contribution < -0.4 is 10.1 Å². The predicted octanol–water partition coefficient (Wildman–Crippen LogP) is 4.59. The Morgan fingerprint density at radius 3 is 2.38 bits per heavy atom. The van der Waals surface area contributed by atoms with Gasteiger partial charge in [-0.05, 0) is 46.8 Å². The lowest BCUT2D eigenvalue weighted by Crippen LogP contribution is -2.56. The SMILES string of the molecule is CC(C)(C)OC(=O)N[C@@H]([C@H]1COC(C)(C)O1)[C@H](COC(=S)Oc1ccccc1)C(F)(F)F. The molecule has 1 N–H and O–H groups in total. The Balaban J connectivity index is 2.18. The summed E-state index contributed by atoms with van der Waals surface area (Å²) in [5, 5.41) is 1.80. The first-order chi connectivity index (χ1) is 14.7. The zero-order valence-corrected chi connectivity index (χ0v) is 19.3. The standard InChI is InChI=1S/C21H28F3NO6S/c1-19(2,3)31-17(26)25-16(15-12-28-20(4,5)30-15)14(21(22,23)24)11-27-18(32)29-13-9-7-6-8-10-13/h6-10,14-16H,11-12H2,1-5H3,(H,25,26)/t14-,15+,16+/m0/s1. The first kappa shape index (κ1) is 26.1. The lowest BCUT2D eigenvalue weighted by molar-refractivity contribution is -0.204. The van der Waals surface area contributed by atoms with Gasteiger partial charge in [-0.3, -0.25) is 0 Å². The molecule has 0 bridgehead atoms. The summed E-state index contributed by atoms with van der Waals surface area (Å²) in [6, 6.07) is 6.69. The van der Waals surface area contributed by atoms with Crippen LogP contribution in [0.2, 0.25) is 0 Å². The Labute approximate surface area is 190 Å². The average molecular weight is 480 g/mol. The number of nitrogens with one attached hydrogen (secondary N) is 1. The van der Waals surface area contributed by atoms with Crippen LogP contribution in [-0.4, -0.2) is 54.3 Å². The lowest BCUT2D eigenvalue weighted by atomic mass is 9.95. The van der Waals surface area contributed by atoms with Crippen molar-refractivity contribution in [2.75, 3.05) is 13.2 Å².